The maximum atomic E-state index is 7.03. The lowest BCUT2D eigenvalue weighted by atomic mass is 10.5. The van der Waals surface area contributed by atoms with Crippen molar-refractivity contribution in [3.8, 4) is 0 Å². The second-order valence-electron chi connectivity index (χ2n) is 0.648. The van der Waals surface area contributed by atoms with Crippen LogP contribution in [0, 0.1) is 0 Å². The zero-order valence-electron chi connectivity index (χ0n) is 7.31. The monoisotopic (exact) mass is 84.1 g/mol. The third-order valence-corrected chi connectivity index (χ3v) is 0.263. The van der Waals surface area contributed by atoms with E-state index in [1.54, 1.807) is 0 Å². The smallest absolute Gasteiger partial charge is 0.0622 e. The van der Waals surface area contributed by atoms with E-state index < -0.39 is 0 Å². The van der Waals surface area contributed by atoms with Crippen molar-refractivity contribution in [3.63, 3.8) is 0 Å². The van der Waals surface area contributed by atoms with Gasteiger partial charge in [-0.15, -0.1) is 0 Å². The predicted octanol–water partition coefficient (Wildman–Crippen LogP) is 1.91. The van der Waals surface area contributed by atoms with Crippen LogP contribution in [0.2, 0.25) is 0 Å². The number of allylic oxidation sites excluding steroid dienone is 4. The average Bonchev–Trinajstić information content (AvgIpc) is 1.98. The molecule has 0 aliphatic carbocycles. The third-order valence-electron chi connectivity index (χ3n) is 0.263. The Morgan fingerprint density at radius 1 is 1.67 bits per heavy atom. The summed E-state index contributed by atoms with van der Waals surface area (Å²) in [6, 6.07) is -0.211. The Kier molecular flexibility index (Phi) is 0.968. The minimum atomic E-state index is -0.155. The molecule has 0 spiro atoms. The first-order chi connectivity index (χ1) is 4.72. The molecule has 0 unspecified atom stereocenters. The molecule has 0 saturated carbocycles. The summed E-state index contributed by atoms with van der Waals surface area (Å²) in [6.45, 7) is 1.81. The van der Waals surface area contributed by atoms with Gasteiger partial charge < -0.3 is 0 Å². The van der Waals surface area contributed by atoms with E-state index in [0.717, 1.165) is 13.1 Å². The van der Waals surface area contributed by atoms with Crippen LogP contribution in [-0.4, -0.2) is 0 Å². The van der Waals surface area contributed by atoms with Crippen molar-refractivity contribution in [1.29, 1.82) is 0 Å². The molecule has 0 heteroatoms. The van der Waals surface area contributed by atoms with Crippen LogP contribution in [0.25, 0.3) is 0 Å². The van der Waals surface area contributed by atoms with E-state index in [2.05, 4.69) is 0 Å². The standard InChI is InChI=1S/C6H8/c1-3-5-6-4-2/h3-6H,1-2H2/i1D,2D,3D,5D. The lowest BCUT2D eigenvalue weighted by molar-refractivity contribution is 1.98. The molecule has 6 heavy (non-hydrogen) atoms. The van der Waals surface area contributed by atoms with Gasteiger partial charge in [-0.25, -0.2) is 0 Å². The van der Waals surface area contributed by atoms with Crippen LogP contribution in [-0.2, 0) is 0 Å². The lowest BCUT2D eigenvalue weighted by Crippen LogP contribution is -1.38. The van der Waals surface area contributed by atoms with E-state index in [9.17, 15) is 0 Å². The van der Waals surface area contributed by atoms with Crippen LogP contribution in [0.5, 0.6) is 0 Å². The molecule has 0 aliphatic heterocycles. The molecule has 0 aliphatic rings. The van der Waals surface area contributed by atoms with E-state index in [4.69, 9.17) is 5.48 Å². The molecule has 0 amide bonds. The van der Waals surface area contributed by atoms with Crippen molar-refractivity contribution in [1.82, 2.24) is 0 Å². The zero-order chi connectivity index (χ0) is 7.98. The van der Waals surface area contributed by atoms with Crippen molar-refractivity contribution in [2.75, 3.05) is 0 Å². The highest BCUT2D eigenvalue weighted by molar-refractivity contribution is 5.05. The SMILES string of the molecule is [2H]C=CC=C([2H])C([2H])=C[2H]. The summed E-state index contributed by atoms with van der Waals surface area (Å²) in [5.74, 6) is 0. The highest BCUT2D eigenvalue weighted by atomic mass is 13.5. The lowest BCUT2D eigenvalue weighted by Gasteiger charge is -1.60. The van der Waals surface area contributed by atoms with Crippen molar-refractivity contribution < 1.29 is 5.48 Å². The first-order valence-corrected chi connectivity index (χ1v) is 1.49. The van der Waals surface area contributed by atoms with Gasteiger partial charge in [0.15, 0.2) is 0 Å². The number of rotatable bonds is 2. The summed E-state index contributed by atoms with van der Waals surface area (Å²) in [6.07, 6.45) is 2.63. The van der Waals surface area contributed by atoms with Crippen LogP contribution in [0.3, 0.4) is 0 Å². The molecule has 0 bridgehead atoms. The Morgan fingerprint density at radius 2 is 2.67 bits per heavy atom. The van der Waals surface area contributed by atoms with E-state index >= 15 is 0 Å². The fraction of sp³-hybridized carbons (Fsp3) is 0. The summed E-state index contributed by atoms with van der Waals surface area (Å²) in [7, 11) is 0. The molecule has 0 saturated heterocycles. The molecule has 0 aromatic heterocycles. The van der Waals surface area contributed by atoms with Crippen molar-refractivity contribution in [2.45, 2.75) is 0 Å². The van der Waals surface area contributed by atoms with Crippen LogP contribution in [0.1, 0.15) is 5.48 Å². The van der Waals surface area contributed by atoms with Gasteiger partial charge in [0.2, 0.25) is 0 Å². The zero-order valence-corrected chi connectivity index (χ0v) is 3.31. The second kappa shape index (κ2) is 4.22. The topological polar surface area (TPSA) is 0 Å². The van der Waals surface area contributed by atoms with Crippen LogP contribution >= 0.6 is 0 Å². The minimum Gasteiger partial charge on any atom is -0.0991 e. The highest BCUT2D eigenvalue weighted by Crippen LogP contribution is 1.69. The van der Waals surface area contributed by atoms with Crippen molar-refractivity contribution in [3.05, 3.63) is 37.4 Å². The summed E-state index contributed by atoms with van der Waals surface area (Å²) < 4.78 is 27.1. The van der Waals surface area contributed by atoms with Gasteiger partial charge in [-0.3, -0.25) is 0 Å². The molecule has 0 heterocycles. The normalized spacial score (nSPS) is 25.3. The van der Waals surface area contributed by atoms with Crippen LogP contribution in [0.4, 0.5) is 0 Å². The molecule has 32 valence electrons. The van der Waals surface area contributed by atoms with Gasteiger partial charge in [0.05, 0.1) is 5.48 Å². The van der Waals surface area contributed by atoms with E-state index in [-0.39, 0.29) is 12.1 Å². The van der Waals surface area contributed by atoms with Crippen molar-refractivity contribution >= 4 is 0 Å². The van der Waals surface area contributed by atoms with E-state index in [1.165, 1.54) is 12.2 Å². The molecule has 0 aromatic rings. The van der Waals surface area contributed by atoms with Gasteiger partial charge in [0, 0.05) is 0 Å². The molecule has 0 atom stereocenters. The maximum absolute atomic E-state index is 7.03. The molecule has 0 aromatic carbocycles. The van der Waals surface area contributed by atoms with Crippen LogP contribution < -0.4 is 0 Å². The second-order valence-corrected chi connectivity index (χ2v) is 0.648. The Labute approximate surface area is 44.1 Å². The maximum Gasteiger partial charge on any atom is 0.0622 e. The summed E-state index contributed by atoms with van der Waals surface area (Å²) >= 11 is 0. The molecule has 0 radical (unpaired) electrons. The first-order valence-electron chi connectivity index (χ1n) is 3.65. The van der Waals surface area contributed by atoms with E-state index in [0.29, 0.717) is 0 Å². The van der Waals surface area contributed by atoms with Gasteiger partial charge in [0.25, 0.3) is 0 Å². The summed E-state index contributed by atoms with van der Waals surface area (Å²) in [4.78, 5) is 0. The van der Waals surface area contributed by atoms with Crippen LogP contribution in [0.15, 0.2) is 37.4 Å². The molecule has 0 nitrogen and oxygen atoms in total. The summed E-state index contributed by atoms with van der Waals surface area (Å²) in [5.41, 5.74) is 0. The van der Waals surface area contributed by atoms with Crippen molar-refractivity contribution in [2.24, 2.45) is 0 Å². The van der Waals surface area contributed by atoms with Gasteiger partial charge in [-0.05, 0) is 0 Å². The molecule has 0 fully saturated rings. The quantitative estimate of drug-likeness (QED) is 0.448. The van der Waals surface area contributed by atoms with Gasteiger partial charge >= 0.3 is 0 Å². The Hall–Kier alpha value is -0.780. The Balaban J connectivity index is 4.19. The third kappa shape index (κ3) is 3.22. The van der Waals surface area contributed by atoms with Gasteiger partial charge in [-0.2, -0.15) is 0 Å². The first kappa shape index (κ1) is 1.38. The summed E-state index contributed by atoms with van der Waals surface area (Å²) in [5, 5.41) is 0. The van der Waals surface area contributed by atoms with E-state index in [1.807, 2.05) is 0 Å². The molecular weight excluding hydrogens is 72.1 g/mol. The van der Waals surface area contributed by atoms with Gasteiger partial charge in [0.1, 0.15) is 0 Å². The highest BCUT2D eigenvalue weighted by Gasteiger charge is 1.47. The average molecular weight is 84.2 g/mol. The predicted molar refractivity (Wildman–Crippen MR) is 29.5 cm³/mol. The molecular formula is C6H8. The largest absolute Gasteiger partial charge is 0.0991 e. The minimum absolute atomic E-state index is 0.0569. The molecule has 0 N–H and O–H groups in total. The fourth-order valence-corrected chi connectivity index (χ4v) is 0.0962. The van der Waals surface area contributed by atoms with Gasteiger partial charge in [-0.1, -0.05) is 37.4 Å². The number of hydrogen-bond donors (Lipinski definition) is 0. The molecule has 0 rings (SSSR count). The Bertz CT molecular complexity index is 178. The Morgan fingerprint density at radius 3 is 3.33 bits per heavy atom. The number of hydrogen-bond acceptors (Lipinski definition) is 0. The fourth-order valence-electron chi connectivity index (χ4n) is 0.0962.